The van der Waals surface area contributed by atoms with Gasteiger partial charge in [0.15, 0.2) is 0 Å². The SMILES string of the molecule is CC(C)C(=O)N1C(C)CN(Cc2ccccc2CN=CC=CN)CC1C(=O)NCc1ccc(-c2ccco2)cc1. The molecule has 1 fully saturated rings. The van der Waals surface area contributed by atoms with Crippen LogP contribution in [0, 0.1) is 5.92 Å². The number of amides is 2. The van der Waals surface area contributed by atoms with Gasteiger partial charge in [-0.05, 0) is 48.0 Å². The number of carbonyl (C=O) groups excluding carboxylic acids is 2. The molecule has 1 aliphatic heterocycles. The summed E-state index contributed by atoms with van der Waals surface area (Å²) in [5.41, 5.74) is 9.63. The number of hydrogen-bond acceptors (Lipinski definition) is 6. The van der Waals surface area contributed by atoms with Crippen LogP contribution in [-0.4, -0.2) is 53.0 Å². The molecule has 2 atom stereocenters. The Morgan fingerprint density at radius 1 is 1.07 bits per heavy atom. The molecule has 2 heterocycles. The number of nitrogens with one attached hydrogen (secondary N) is 1. The van der Waals surface area contributed by atoms with E-state index in [1.807, 2.05) is 69.3 Å². The summed E-state index contributed by atoms with van der Waals surface area (Å²) < 4.78 is 5.46. The molecule has 3 aromatic rings. The molecule has 1 saturated heterocycles. The highest BCUT2D eigenvalue weighted by Crippen LogP contribution is 2.23. The molecule has 40 heavy (non-hydrogen) atoms. The maximum absolute atomic E-state index is 13.6. The fraction of sp³-hybridized carbons (Fsp3) is 0.344. The summed E-state index contributed by atoms with van der Waals surface area (Å²) in [5, 5.41) is 3.08. The predicted molar refractivity (Wildman–Crippen MR) is 158 cm³/mol. The molecule has 4 rings (SSSR count). The molecule has 210 valence electrons. The van der Waals surface area contributed by atoms with E-state index in [2.05, 4.69) is 27.3 Å². The zero-order valence-electron chi connectivity index (χ0n) is 23.5. The van der Waals surface area contributed by atoms with Gasteiger partial charge in [0.1, 0.15) is 11.8 Å². The number of piperazine rings is 1. The molecule has 2 amide bonds. The van der Waals surface area contributed by atoms with Crippen LogP contribution in [0.1, 0.15) is 37.5 Å². The van der Waals surface area contributed by atoms with Crippen LogP contribution >= 0.6 is 0 Å². The number of hydrogen-bond donors (Lipinski definition) is 2. The number of aliphatic imine (C=N–C) groups is 1. The summed E-state index contributed by atoms with van der Waals surface area (Å²) in [6, 6.07) is 19.2. The lowest BCUT2D eigenvalue weighted by Crippen LogP contribution is -2.64. The van der Waals surface area contributed by atoms with Crippen molar-refractivity contribution in [1.82, 2.24) is 15.1 Å². The molecule has 2 unspecified atom stereocenters. The monoisotopic (exact) mass is 541 g/mol. The largest absolute Gasteiger partial charge is 0.464 e. The molecule has 8 nitrogen and oxygen atoms in total. The molecular weight excluding hydrogens is 502 g/mol. The van der Waals surface area contributed by atoms with Crippen molar-refractivity contribution in [3.8, 4) is 11.3 Å². The predicted octanol–water partition coefficient (Wildman–Crippen LogP) is 4.36. The Labute approximate surface area is 236 Å². The molecule has 2 aromatic carbocycles. The number of benzene rings is 2. The lowest BCUT2D eigenvalue weighted by atomic mass is 10.0. The Bertz CT molecular complexity index is 1310. The number of rotatable bonds is 10. The third-order valence-corrected chi connectivity index (χ3v) is 7.12. The van der Waals surface area contributed by atoms with E-state index in [1.54, 1.807) is 23.5 Å². The van der Waals surface area contributed by atoms with E-state index in [1.165, 1.54) is 6.20 Å². The van der Waals surface area contributed by atoms with Crippen LogP contribution in [0.4, 0.5) is 0 Å². The quantitative estimate of drug-likeness (QED) is 0.371. The lowest BCUT2D eigenvalue weighted by molar-refractivity contribution is -0.150. The van der Waals surface area contributed by atoms with E-state index in [9.17, 15) is 9.59 Å². The van der Waals surface area contributed by atoms with Crippen molar-refractivity contribution in [2.24, 2.45) is 16.6 Å². The van der Waals surface area contributed by atoms with E-state index in [0.29, 0.717) is 32.7 Å². The summed E-state index contributed by atoms with van der Waals surface area (Å²) in [4.78, 5) is 35.3. The van der Waals surface area contributed by atoms with E-state index in [4.69, 9.17) is 10.2 Å². The standard InChI is InChI=1S/C32H39N5O3/c1-23(2)32(39)37-24(3)20-36(21-28-9-5-4-8-27(28)19-34-16-7-15-33)22-29(37)31(38)35-18-25-11-13-26(14-12-25)30-10-6-17-40-30/h4-17,23-24,29H,18-22,33H2,1-3H3,(H,35,38). The van der Waals surface area contributed by atoms with Crippen molar-refractivity contribution in [3.05, 3.63) is 95.9 Å². The number of nitrogens with two attached hydrogens (primary N) is 1. The van der Waals surface area contributed by atoms with Crippen LogP contribution in [0.25, 0.3) is 11.3 Å². The smallest absolute Gasteiger partial charge is 0.244 e. The summed E-state index contributed by atoms with van der Waals surface area (Å²) in [6.45, 7) is 8.53. The van der Waals surface area contributed by atoms with Crippen LogP contribution in [0.15, 0.2) is 88.6 Å². The third kappa shape index (κ3) is 7.27. The molecule has 8 heteroatoms. The van der Waals surface area contributed by atoms with Crippen molar-refractivity contribution in [2.75, 3.05) is 13.1 Å². The highest BCUT2D eigenvalue weighted by molar-refractivity contribution is 5.89. The fourth-order valence-corrected chi connectivity index (χ4v) is 5.09. The topological polar surface area (TPSA) is 104 Å². The molecule has 0 bridgehead atoms. The van der Waals surface area contributed by atoms with Gasteiger partial charge in [0.05, 0.1) is 12.8 Å². The Balaban J connectivity index is 1.47. The maximum atomic E-state index is 13.6. The molecule has 1 aromatic heterocycles. The van der Waals surface area contributed by atoms with E-state index < -0.39 is 6.04 Å². The first-order valence-corrected chi connectivity index (χ1v) is 13.8. The summed E-state index contributed by atoms with van der Waals surface area (Å²) >= 11 is 0. The second-order valence-electron chi connectivity index (χ2n) is 10.5. The highest BCUT2D eigenvalue weighted by atomic mass is 16.3. The molecule has 0 aliphatic carbocycles. The highest BCUT2D eigenvalue weighted by Gasteiger charge is 2.40. The lowest BCUT2D eigenvalue weighted by Gasteiger charge is -2.45. The Morgan fingerprint density at radius 3 is 2.50 bits per heavy atom. The van der Waals surface area contributed by atoms with Crippen molar-refractivity contribution in [2.45, 2.75) is 52.5 Å². The van der Waals surface area contributed by atoms with Gasteiger partial charge in [-0.2, -0.15) is 0 Å². The van der Waals surface area contributed by atoms with Gasteiger partial charge in [-0.3, -0.25) is 19.5 Å². The van der Waals surface area contributed by atoms with Gasteiger partial charge >= 0.3 is 0 Å². The first-order valence-electron chi connectivity index (χ1n) is 13.8. The van der Waals surface area contributed by atoms with Gasteiger partial charge < -0.3 is 20.4 Å². The molecule has 1 aliphatic rings. The van der Waals surface area contributed by atoms with Crippen LogP contribution in [0.5, 0.6) is 0 Å². The van der Waals surface area contributed by atoms with Crippen LogP contribution in [-0.2, 0) is 29.2 Å². The zero-order chi connectivity index (χ0) is 28.5. The molecule has 0 spiro atoms. The molecule has 0 saturated carbocycles. The van der Waals surface area contributed by atoms with Gasteiger partial charge in [0, 0.05) is 49.9 Å². The fourth-order valence-electron chi connectivity index (χ4n) is 5.09. The second kappa shape index (κ2) is 13.8. The van der Waals surface area contributed by atoms with Crippen LogP contribution < -0.4 is 11.1 Å². The summed E-state index contributed by atoms with van der Waals surface area (Å²) in [5.74, 6) is 0.458. The van der Waals surface area contributed by atoms with Crippen LogP contribution in [0.3, 0.4) is 0 Å². The average molecular weight is 542 g/mol. The molecule has 3 N–H and O–H groups in total. The summed E-state index contributed by atoms with van der Waals surface area (Å²) in [6.07, 6.45) is 6.50. The maximum Gasteiger partial charge on any atom is 0.244 e. The Kier molecular flexibility index (Phi) is 9.91. The van der Waals surface area contributed by atoms with E-state index in [-0.39, 0.29) is 23.8 Å². The minimum atomic E-state index is -0.582. The number of nitrogens with zero attached hydrogens (tertiary/aromatic N) is 3. The van der Waals surface area contributed by atoms with Gasteiger partial charge in [-0.15, -0.1) is 0 Å². The van der Waals surface area contributed by atoms with Gasteiger partial charge in [0.2, 0.25) is 11.8 Å². The normalized spacial score (nSPS) is 18.1. The molecule has 0 radical (unpaired) electrons. The van der Waals surface area contributed by atoms with Gasteiger partial charge in [0.25, 0.3) is 0 Å². The van der Waals surface area contributed by atoms with Crippen LogP contribution in [0.2, 0.25) is 0 Å². The molecular formula is C32H39N5O3. The van der Waals surface area contributed by atoms with E-state index >= 15 is 0 Å². The Morgan fingerprint density at radius 2 is 1.82 bits per heavy atom. The number of furan rings is 1. The minimum Gasteiger partial charge on any atom is -0.464 e. The van der Waals surface area contributed by atoms with Crippen molar-refractivity contribution < 1.29 is 14.0 Å². The van der Waals surface area contributed by atoms with Crippen molar-refractivity contribution in [1.29, 1.82) is 0 Å². The van der Waals surface area contributed by atoms with Gasteiger partial charge in [-0.25, -0.2) is 0 Å². The van der Waals surface area contributed by atoms with E-state index in [0.717, 1.165) is 28.0 Å². The van der Waals surface area contributed by atoms with Gasteiger partial charge in [-0.1, -0.05) is 62.4 Å². The van der Waals surface area contributed by atoms with Crippen molar-refractivity contribution >= 4 is 18.0 Å². The average Bonchev–Trinajstić information content (AvgIpc) is 3.50. The first-order chi connectivity index (χ1) is 19.4. The summed E-state index contributed by atoms with van der Waals surface area (Å²) in [7, 11) is 0. The minimum absolute atomic E-state index is 0.00204. The third-order valence-electron chi connectivity index (χ3n) is 7.12. The Hall–Kier alpha value is -4.17. The van der Waals surface area contributed by atoms with Crippen molar-refractivity contribution in [3.63, 3.8) is 0 Å². The number of carbonyl (C=O) groups is 2. The number of allylic oxidation sites excluding steroid dienone is 1. The zero-order valence-corrected chi connectivity index (χ0v) is 23.5. The first kappa shape index (κ1) is 28.8. The second-order valence-corrected chi connectivity index (χ2v) is 10.5.